The quantitative estimate of drug-likeness (QED) is 0.867. The highest BCUT2D eigenvalue weighted by atomic mass is 32.2. The third-order valence-electron chi connectivity index (χ3n) is 2.43. The van der Waals surface area contributed by atoms with Crippen LogP contribution < -0.4 is 5.32 Å². The number of benzene rings is 1. The fourth-order valence-electron chi connectivity index (χ4n) is 1.41. The Balaban J connectivity index is 3.08. The Labute approximate surface area is 104 Å². The van der Waals surface area contributed by atoms with Gasteiger partial charge in [-0.15, -0.1) is 0 Å². The Morgan fingerprint density at radius 3 is 2.35 bits per heavy atom. The summed E-state index contributed by atoms with van der Waals surface area (Å²) in [5.74, 6) is 0. The number of nitrogens with zero attached hydrogens (tertiary/aromatic N) is 1. The first-order valence-electron chi connectivity index (χ1n) is 5.59. The molecule has 1 N–H and O–H groups in total. The summed E-state index contributed by atoms with van der Waals surface area (Å²) in [5, 5.41) is 3.23. The number of sulfonamides is 1. The van der Waals surface area contributed by atoms with Gasteiger partial charge in [-0.3, -0.25) is 0 Å². The summed E-state index contributed by atoms with van der Waals surface area (Å²) in [4.78, 5) is 0.373. The largest absolute Gasteiger partial charge is 0.310 e. The molecule has 0 aliphatic rings. The van der Waals surface area contributed by atoms with Gasteiger partial charge in [0, 0.05) is 26.7 Å². The molecular weight excluding hydrogens is 236 g/mol. The van der Waals surface area contributed by atoms with E-state index in [9.17, 15) is 8.42 Å². The van der Waals surface area contributed by atoms with Gasteiger partial charge in [0.05, 0.1) is 4.90 Å². The molecule has 1 aromatic rings. The zero-order valence-corrected chi connectivity index (χ0v) is 11.6. The molecule has 0 unspecified atom stereocenters. The van der Waals surface area contributed by atoms with Gasteiger partial charge in [-0.2, -0.15) is 0 Å². The van der Waals surface area contributed by atoms with Crippen LogP contribution in [-0.4, -0.2) is 32.9 Å². The second kappa shape index (κ2) is 5.62. The van der Waals surface area contributed by atoms with Crippen molar-refractivity contribution in [3.05, 3.63) is 29.8 Å². The highest BCUT2D eigenvalue weighted by Gasteiger charge is 2.20. The normalized spacial score (nSPS) is 12.4. The van der Waals surface area contributed by atoms with E-state index in [4.69, 9.17) is 0 Å². The summed E-state index contributed by atoms with van der Waals surface area (Å²) in [6.45, 7) is 4.62. The van der Waals surface area contributed by atoms with Gasteiger partial charge in [0.1, 0.15) is 0 Å². The molecule has 0 spiro atoms. The zero-order valence-electron chi connectivity index (χ0n) is 10.8. The molecule has 0 atom stereocenters. The van der Waals surface area contributed by atoms with Gasteiger partial charge in [-0.05, 0) is 11.6 Å². The standard InChI is InChI=1S/C12H20N2O2S/c1-10(2)13-9-11-7-5-6-8-12(11)17(15,16)14(3)4/h5-8,10,13H,9H2,1-4H3. The lowest BCUT2D eigenvalue weighted by atomic mass is 10.2. The Kier molecular flexibility index (Phi) is 4.68. The SMILES string of the molecule is CC(C)NCc1ccccc1S(=O)(=O)N(C)C. The molecule has 1 rings (SSSR count). The number of hydrogen-bond donors (Lipinski definition) is 1. The molecule has 0 radical (unpaired) electrons. The Hall–Kier alpha value is -0.910. The summed E-state index contributed by atoms with van der Waals surface area (Å²) in [6.07, 6.45) is 0. The molecule has 1 aromatic carbocycles. The molecule has 0 amide bonds. The first kappa shape index (κ1) is 14.2. The summed E-state index contributed by atoms with van der Waals surface area (Å²) < 4.78 is 25.4. The number of nitrogens with one attached hydrogen (secondary N) is 1. The second-order valence-corrected chi connectivity index (χ2v) is 6.55. The predicted octanol–water partition coefficient (Wildman–Crippen LogP) is 1.43. The molecule has 0 saturated heterocycles. The van der Waals surface area contributed by atoms with Crippen LogP contribution in [-0.2, 0) is 16.6 Å². The lowest BCUT2D eigenvalue weighted by molar-refractivity contribution is 0.517. The monoisotopic (exact) mass is 256 g/mol. The van der Waals surface area contributed by atoms with Crippen molar-refractivity contribution in [2.45, 2.75) is 31.3 Å². The summed E-state index contributed by atoms with van der Waals surface area (Å²) in [7, 11) is -0.275. The molecule has 0 fully saturated rings. The maximum absolute atomic E-state index is 12.1. The van der Waals surface area contributed by atoms with Gasteiger partial charge in [0.25, 0.3) is 0 Å². The van der Waals surface area contributed by atoms with Crippen molar-refractivity contribution >= 4 is 10.0 Å². The minimum absolute atomic E-state index is 0.324. The zero-order chi connectivity index (χ0) is 13.1. The molecule has 0 aliphatic heterocycles. The predicted molar refractivity (Wildman–Crippen MR) is 69.3 cm³/mol. The maximum atomic E-state index is 12.1. The molecule has 4 nitrogen and oxygen atoms in total. The number of hydrogen-bond acceptors (Lipinski definition) is 3. The van der Waals surface area contributed by atoms with E-state index < -0.39 is 10.0 Å². The van der Waals surface area contributed by atoms with E-state index in [1.54, 1.807) is 26.2 Å². The molecule has 0 aromatic heterocycles. The van der Waals surface area contributed by atoms with Gasteiger partial charge < -0.3 is 5.32 Å². The summed E-state index contributed by atoms with van der Waals surface area (Å²) in [6, 6.07) is 7.41. The van der Waals surface area contributed by atoms with Gasteiger partial charge in [-0.1, -0.05) is 32.0 Å². The molecular formula is C12H20N2O2S. The average molecular weight is 256 g/mol. The van der Waals surface area contributed by atoms with Gasteiger partial charge >= 0.3 is 0 Å². The van der Waals surface area contributed by atoms with E-state index >= 15 is 0 Å². The van der Waals surface area contributed by atoms with Crippen molar-refractivity contribution in [1.82, 2.24) is 9.62 Å². The fourth-order valence-corrected chi connectivity index (χ4v) is 2.53. The van der Waals surface area contributed by atoms with E-state index in [-0.39, 0.29) is 0 Å². The molecule has 0 bridgehead atoms. The third kappa shape index (κ3) is 3.52. The summed E-state index contributed by atoms with van der Waals surface area (Å²) in [5.41, 5.74) is 0.801. The van der Waals surface area contributed by atoms with Crippen LogP contribution in [0.2, 0.25) is 0 Å². The minimum atomic E-state index is -3.36. The lowest BCUT2D eigenvalue weighted by Crippen LogP contribution is -2.26. The van der Waals surface area contributed by atoms with Gasteiger partial charge in [0.15, 0.2) is 0 Å². The third-order valence-corrected chi connectivity index (χ3v) is 4.35. The maximum Gasteiger partial charge on any atom is 0.242 e. The smallest absolute Gasteiger partial charge is 0.242 e. The molecule has 0 heterocycles. The molecule has 0 aliphatic carbocycles. The highest BCUT2D eigenvalue weighted by Crippen LogP contribution is 2.18. The first-order chi connectivity index (χ1) is 7.85. The van der Waals surface area contributed by atoms with Crippen molar-refractivity contribution in [3.63, 3.8) is 0 Å². The van der Waals surface area contributed by atoms with Crippen molar-refractivity contribution in [3.8, 4) is 0 Å². The van der Waals surface area contributed by atoms with Crippen LogP contribution in [0.1, 0.15) is 19.4 Å². The van der Waals surface area contributed by atoms with Crippen LogP contribution >= 0.6 is 0 Å². The van der Waals surface area contributed by atoms with E-state index in [0.29, 0.717) is 17.5 Å². The number of rotatable bonds is 5. The average Bonchev–Trinajstić information content (AvgIpc) is 2.26. The van der Waals surface area contributed by atoms with Gasteiger partial charge in [-0.25, -0.2) is 12.7 Å². The first-order valence-corrected chi connectivity index (χ1v) is 7.03. The van der Waals surface area contributed by atoms with Crippen LogP contribution in [0.25, 0.3) is 0 Å². The molecule has 0 saturated carbocycles. The van der Waals surface area contributed by atoms with E-state index in [1.807, 2.05) is 26.0 Å². The molecule has 96 valence electrons. The highest BCUT2D eigenvalue weighted by molar-refractivity contribution is 7.89. The Morgan fingerprint density at radius 2 is 1.82 bits per heavy atom. The van der Waals surface area contributed by atoms with Crippen molar-refractivity contribution in [2.75, 3.05) is 14.1 Å². The van der Waals surface area contributed by atoms with Crippen molar-refractivity contribution < 1.29 is 8.42 Å². The Morgan fingerprint density at radius 1 is 1.24 bits per heavy atom. The van der Waals surface area contributed by atoms with E-state index in [0.717, 1.165) is 5.56 Å². The van der Waals surface area contributed by atoms with E-state index in [2.05, 4.69) is 5.32 Å². The Bertz CT molecular complexity index is 467. The fraction of sp³-hybridized carbons (Fsp3) is 0.500. The lowest BCUT2D eigenvalue weighted by Gasteiger charge is -2.16. The minimum Gasteiger partial charge on any atom is -0.310 e. The van der Waals surface area contributed by atoms with E-state index in [1.165, 1.54) is 4.31 Å². The van der Waals surface area contributed by atoms with Crippen molar-refractivity contribution in [1.29, 1.82) is 0 Å². The van der Waals surface area contributed by atoms with Crippen molar-refractivity contribution in [2.24, 2.45) is 0 Å². The molecule has 5 heteroatoms. The van der Waals surface area contributed by atoms with Crippen LogP contribution in [0.15, 0.2) is 29.2 Å². The summed E-state index contributed by atoms with van der Waals surface area (Å²) >= 11 is 0. The molecule has 17 heavy (non-hydrogen) atoms. The van der Waals surface area contributed by atoms with Gasteiger partial charge in [0.2, 0.25) is 10.0 Å². The van der Waals surface area contributed by atoms with Crippen LogP contribution in [0, 0.1) is 0 Å². The van der Waals surface area contributed by atoms with Crippen LogP contribution in [0.3, 0.4) is 0 Å². The van der Waals surface area contributed by atoms with Crippen LogP contribution in [0.4, 0.5) is 0 Å². The topological polar surface area (TPSA) is 49.4 Å². The van der Waals surface area contributed by atoms with Crippen LogP contribution in [0.5, 0.6) is 0 Å². The second-order valence-electron chi connectivity index (χ2n) is 4.43.